The lowest BCUT2D eigenvalue weighted by molar-refractivity contribution is -0.137. The van der Waals surface area contributed by atoms with Gasteiger partial charge in [0, 0.05) is 16.1 Å². The summed E-state index contributed by atoms with van der Waals surface area (Å²) in [6.07, 6.45) is -0.428. The van der Waals surface area contributed by atoms with Gasteiger partial charge in [-0.05, 0) is 35.9 Å². The van der Waals surface area contributed by atoms with E-state index in [2.05, 4.69) is 10.4 Å². The van der Waals surface area contributed by atoms with Crippen LogP contribution < -0.4 is 5.32 Å². The first-order valence-corrected chi connectivity index (χ1v) is 9.41. The number of carboxylic acids is 1. The maximum absolute atomic E-state index is 12.7. The Morgan fingerprint density at radius 1 is 1.07 bits per heavy atom. The van der Waals surface area contributed by atoms with Crippen LogP contribution in [0, 0.1) is 0 Å². The monoisotopic (exact) mass is 453 g/mol. The molecule has 0 fully saturated rings. The van der Waals surface area contributed by atoms with Crippen LogP contribution in [-0.2, 0) is 4.79 Å². The molecule has 3 rings (SSSR count). The first-order valence-electron chi connectivity index (χ1n) is 8.28. The van der Waals surface area contributed by atoms with Crippen LogP contribution in [0.1, 0.15) is 28.5 Å². The van der Waals surface area contributed by atoms with Gasteiger partial charge < -0.3 is 15.5 Å². The maximum Gasteiger partial charge on any atom is 0.305 e. The fraction of sp³-hybridized carbons (Fsp3) is 0.105. The molecule has 1 aromatic heterocycles. The van der Waals surface area contributed by atoms with E-state index in [-0.39, 0.29) is 16.6 Å². The Balaban J connectivity index is 1.91. The van der Waals surface area contributed by atoms with Gasteiger partial charge in [0.1, 0.15) is 0 Å². The van der Waals surface area contributed by atoms with Crippen molar-refractivity contribution in [2.24, 2.45) is 0 Å². The molecule has 0 aliphatic heterocycles. The third-order valence-electron chi connectivity index (χ3n) is 4.02. The number of aliphatic carboxylic acids is 1. The first kappa shape index (κ1) is 21.0. The molecule has 7 nitrogen and oxygen atoms in total. The van der Waals surface area contributed by atoms with Crippen LogP contribution in [0.4, 0.5) is 0 Å². The Hall–Kier alpha value is -2.74. The van der Waals surface area contributed by atoms with E-state index in [1.807, 2.05) is 0 Å². The number of aromatic nitrogens is 2. The molecule has 1 atom stereocenters. The summed E-state index contributed by atoms with van der Waals surface area (Å²) in [4.78, 5) is 24.0. The fourth-order valence-electron chi connectivity index (χ4n) is 2.71. The highest BCUT2D eigenvalue weighted by Gasteiger charge is 2.24. The normalized spacial score (nSPS) is 11.8. The maximum atomic E-state index is 12.7. The van der Waals surface area contributed by atoms with E-state index in [0.717, 1.165) is 10.7 Å². The van der Waals surface area contributed by atoms with Gasteiger partial charge in [-0.15, -0.1) is 0 Å². The van der Waals surface area contributed by atoms with Crippen molar-refractivity contribution >= 4 is 46.7 Å². The van der Waals surface area contributed by atoms with Gasteiger partial charge in [-0.25, -0.2) is 0 Å². The molecular weight excluding hydrogens is 441 g/mol. The van der Waals surface area contributed by atoms with E-state index in [4.69, 9.17) is 34.8 Å². The molecule has 0 saturated heterocycles. The van der Waals surface area contributed by atoms with Crippen LogP contribution in [0.25, 0.3) is 5.69 Å². The molecular formula is C19H14Cl3N3O4. The Morgan fingerprint density at radius 2 is 1.79 bits per heavy atom. The molecule has 0 aliphatic carbocycles. The first-order chi connectivity index (χ1) is 13.8. The van der Waals surface area contributed by atoms with Crippen LogP contribution in [0.3, 0.4) is 0 Å². The average molecular weight is 455 g/mol. The fourth-order valence-corrected chi connectivity index (χ4v) is 3.36. The number of aromatic hydroxyl groups is 1. The molecule has 2 aromatic carbocycles. The van der Waals surface area contributed by atoms with Crippen molar-refractivity contribution in [1.82, 2.24) is 15.1 Å². The molecule has 3 N–H and O–H groups in total. The lowest BCUT2D eigenvalue weighted by atomic mass is 10.0. The number of halogens is 3. The molecule has 1 unspecified atom stereocenters. The number of nitrogens with zero attached hydrogens (tertiary/aromatic N) is 2. The van der Waals surface area contributed by atoms with E-state index in [1.165, 1.54) is 12.1 Å². The van der Waals surface area contributed by atoms with Crippen LogP contribution in [0.5, 0.6) is 5.88 Å². The summed E-state index contributed by atoms with van der Waals surface area (Å²) in [7, 11) is 0. The van der Waals surface area contributed by atoms with E-state index >= 15 is 0 Å². The minimum absolute atomic E-state index is 0.129. The number of hydrogen-bond donors (Lipinski definition) is 3. The zero-order valence-electron chi connectivity index (χ0n) is 14.6. The van der Waals surface area contributed by atoms with E-state index in [9.17, 15) is 19.8 Å². The van der Waals surface area contributed by atoms with Gasteiger partial charge in [-0.3, -0.25) is 9.59 Å². The van der Waals surface area contributed by atoms with Gasteiger partial charge >= 0.3 is 5.97 Å². The van der Waals surface area contributed by atoms with Crippen molar-refractivity contribution in [3.63, 3.8) is 0 Å². The SMILES string of the molecule is O=C(O)CC(NC(=O)c1cc(O)n(-c2ccccc2Cl)n1)c1cc(Cl)ccc1Cl. The number of rotatable bonds is 6. The van der Waals surface area contributed by atoms with Crippen molar-refractivity contribution < 1.29 is 19.8 Å². The van der Waals surface area contributed by atoms with Gasteiger partial charge in [0.15, 0.2) is 5.69 Å². The van der Waals surface area contributed by atoms with Crippen molar-refractivity contribution in [3.8, 4) is 11.6 Å². The van der Waals surface area contributed by atoms with Crippen molar-refractivity contribution in [1.29, 1.82) is 0 Å². The van der Waals surface area contributed by atoms with Gasteiger partial charge in [0.05, 0.1) is 23.2 Å². The lowest BCUT2D eigenvalue weighted by Crippen LogP contribution is -2.30. The molecule has 0 radical (unpaired) electrons. The molecule has 0 saturated carbocycles. The molecule has 0 aliphatic rings. The van der Waals surface area contributed by atoms with Crippen LogP contribution in [0.2, 0.25) is 15.1 Å². The number of benzene rings is 2. The van der Waals surface area contributed by atoms with E-state index < -0.39 is 24.3 Å². The number of carboxylic acid groups (broad SMARTS) is 1. The molecule has 150 valence electrons. The Kier molecular flexibility index (Phi) is 6.32. The number of carbonyl (C=O) groups is 2. The standard InChI is InChI=1S/C19H14Cl3N3O4/c20-10-5-6-12(21)11(7-10)14(9-18(27)28)23-19(29)15-8-17(26)25(24-15)16-4-2-1-3-13(16)22/h1-8,14,26H,9H2,(H,23,29)(H,27,28). The van der Waals surface area contributed by atoms with Crippen LogP contribution in [0.15, 0.2) is 48.5 Å². The minimum atomic E-state index is -1.14. The van der Waals surface area contributed by atoms with Gasteiger partial charge in [-0.2, -0.15) is 9.78 Å². The number of nitrogens with one attached hydrogen (secondary N) is 1. The zero-order valence-corrected chi connectivity index (χ0v) is 16.9. The van der Waals surface area contributed by atoms with E-state index in [0.29, 0.717) is 21.3 Å². The molecule has 0 spiro atoms. The third kappa shape index (κ3) is 4.82. The topological polar surface area (TPSA) is 104 Å². The van der Waals surface area contributed by atoms with Crippen LogP contribution in [-0.4, -0.2) is 31.9 Å². The summed E-state index contributed by atoms with van der Waals surface area (Å²) in [6, 6.07) is 11.4. The molecule has 1 amide bonds. The van der Waals surface area contributed by atoms with Crippen molar-refractivity contribution in [3.05, 3.63) is 74.9 Å². The van der Waals surface area contributed by atoms with Gasteiger partial charge in [0.2, 0.25) is 5.88 Å². The second kappa shape index (κ2) is 8.73. The number of carbonyl (C=O) groups excluding carboxylic acids is 1. The summed E-state index contributed by atoms with van der Waals surface area (Å²) < 4.78 is 1.11. The summed E-state index contributed by atoms with van der Waals surface area (Å²) in [5.41, 5.74) is 0.603. The molecule has 3 aromatic rings. The predicted molar refractivity (Wildman–Crippen MR) is 109 cm³/mol. The number of amides is 1. The molecule has 0 bridgehead atoms. The Bertz CT molecular complexity index is 1080. The summed E-state index contributed by atoms with van der Waals surface area (Å²) in [5, 5.41) is 26.9. The minimum Gasteiger partial charge on any atom is -0.493 e. The van der Waals surface area contributed by atoms with E-state index in [1.54, 1.807) is 30.3 Å². The second-order valence-electron chi connectivity index (χ2n) is 6.04. The van der Waals surface area contributed by atoms with Gasteiger partial charge in [0.25, 0.3) is 5.91 Å². The predicted octanol–water partition coefficient (Wildman–Crippen LogP) is 4.48. The third-order valence-corrected chi connectivity index (χ3v) is 4.92. The van der Waals surface area contributed by atoms with Crippen LogP contribution >= 0.6 is 34.8 Å². The Labute approximate surface area is 180 Å². The summed E-state index contributed by atoms with van der Waals surface area (Å²) >= 11 is 18.2. The van der Waals surface area contributed by atoms with Crippen molar-refractivity contribution in [2.45, 2.75) is 12.5 Å². The highest BCUT2D eigenvalue weighted by atomic mass is 35.5. The average Bonchev–Trinajstić information content (AvgIpc) is 3.05. The summed E-state index contributed by atoms with van der Waals surface area (Å²) in [6.45, 7) is 0. The number of hydrogen-bond acceptors (Lipinski definition) is 4. The highest BCUT2D eigenvalue weighted by Crippen LogP contribution is 2.29. The largest absolute Gasteiger partial charge is 0.493 e. The number of para-hydroxylation sites is 1. The van der Waals surface area contributed by atoms with Crippen molar-refractivity contribution in [2.75, 3.05) is 0 Å². The van der Waals surface area contributed by atoms with Gasteiger partial charge in [-0.1, -0.05) is 46.9 Å². The highest BCUT2D eigenvalue weighted by molar-refractivity contribution is 6.33. The smallest absolute Gasteiger partial charge is 0.305 e. The lowest BCUT2D eigenvalue weighted by Gasteiger charge is -2.18. The molecule has 29 heavy (non-hydrogen) atoms. The molecule has 10 heteroatoms. The quantitative estimate of drug-likeness (QED) is 0.509. The summed E-state index contributed by atoms with van der Waals surface area (Å²) in [5.74, 6) is -2.15. The zero-order chi connectivity index (χ0) is 21.1. The Morgan fingerprint density at radius 3 is 2.48 bits per heavy atom. The second-order valence-corrected chi connectivity index (χ2v) is 7.29. The molecule has 1 heterocycles.